The van der Waals surface area contributed by atoms with Crippen LogP contribution in [0.25, 0.3) is 0 Å². The third kappa shape index (κ3) is 4.30. The minimum absolute atomic E-state index is 0.0772. The van der Waals surface area contributed by atoms with E-state index in [1.807, 2.05) is 23.5 Å². The van der Waals surface area contributed by atoms with Gasteiger partial charge in [0.05, 0.1) is 5.60 Å². The van der Waals surface area contributed by atoms with E-state index in [0.29, 0.717) is 18.1 Å². The molecule has 0 aromatic carbocycles. The number of carbonyl (C=O) groups is 2. The molecule has 7 heteroatoms. The van der Waals surface area contributed by atoms with E-state index in [-0.39, 0.29) is 5.60 Å². The highest BCUT2D eigenvalue weighted by Gasteiger charge is 2.40. The van der Waals surface area contributed by atoms with Gasteiger partial charge in [-0.25, -0.2) is 4.79 Å². The summed E-state index contributed by atoms with van der Waals surface area (Å²) in [7, 11) is 0. The van der Waals surface area contributed by atoms with E-state index < -0.39 is 12.0 Å². The summed E-state index contributed by atoms with van der Waals surface area (Å²) >= 11 is 3.78. The smallest absolute Gasteiger partial charge is 0.326 e. The minimum Gasteiger partial charge on any atom is -0.480 e. The number of rotatable bonds is 7. The lowest BCUT2D eigenvalue weighted by molar-refractivity contribution is -0.140. The Morgan fingerprint density at radius 3 is 3.15 bits per heavy atom. The van der Waals surface area contributed by atoms with Crippen LogP contribution in [0.1, 0.15) is 25.7 Å². The van der Waals surface area contributed by atoms with Gasteiger partial charge in [0.15, 0.2) is 0 Å². The Kier molecular flexibility index (Phi) is 6.04. The van der Waals surface area contributed by atoms with E-state index >= 15 is 0 Å². The number of aliphatic carboxylic acids is 1. The van der Waals surface area contributed by atoms with Crippen molar-refractivity contribution in [3.8, 4) is 0 Å². The van der Waals surface area contributed by atoms with Gasteiger partial charge in [0.25, 0.3) is 0 Å². The molecule has 1 spiro atoms. The first-order valence-electron chi connectivity index (χ1n) is 6.91. The maximum atomic E-state index is 10.9. The van der Waals surface area contributed by atoms with Crippen LogP contribution in [0, 0.1) is 0 Å². The number of hydrogen-bond acceptors (Lipinski definition) is 5. The molecule has 0 aromatic heterocycles. The summed E-state index contributed by atoms with van der Waals surface area (Å²) in [5.41, 5.74) is 0.0772. The van der Waals surface area contributed by atoms with Crippen LogP contribution in [0.4, 0.5) is 0 Å². The van der Waals surface area contributed by atoms with E-state index in [1.165, 1.54) is 5.75 Å². The molecule has 2 fully saturated rings. The highest BCUT2D eigenvalue weighted by atomic mass is 32.2. The third-order valence-corrected chi connectivity index (χ3v) is 6.41. The van der Waals surface area contributed by atoms with Crippen molar-refractivity contribution in [2.24, 2.45) is 0 Å². The largest absolute Gasteiger partial charge is 0.480 e. The number of carboxylic acids is 1. The topological polar surface area (TPSA) is 75.6 Å². The van der Waals surface area contributed by atoms with Gasteiger partial charge >= 0.3 is 5.97 Å². The van der Waals surface area contributed by atoms with E-state index in [4.69, 9.17) is 9.84 Å². The zero-order valence-electron chi connectivity index (χ0n) is 11.4. The van der Waals surface area contributed by atoms with Gasteiger partial charge in [0.2, 0.25) is 6.41 Å². The van der Waals surface area contributed by atoms with Crippen molar-refractivity contribution in [2.75, 3.05) is 23.9 Å². The molecule has 2 saturated heterocycles. The standard InChI is InChI=1S/C13H21NO4S2/c15-9-14-11(12(16)17)2-5-20-10-1-4-18-13(7-10)3-6-19-8-13/h9-11H,1-8H2,(H,14,15)(H,16,17). The van der Waals surface area contributed by atoms with Crippen molar-refractivity contribution in [2.45, 2.75) is 42.6 Å². The van der Waals surface area contributed by atoms with Gasteiger partial charge in [-0.05, 0) is 37.2 Å². The minimum atomic E-state index is -0.964. The number of ether oxygens (including phenoxy) is 1. The summed E-state index contributed by atoms with van der Waals surface area (Å²) in [5.74, 6) is 2.07. The third-order valence-electron chi connectivity index (χ3n) is 3.84. The zero-order valence-corrected chi connectivity index (χ0v) is 13.0. The Hall–Kier alpha value is -0.400. The number of hydrogen-bond donors (Lipinski definition) is 2. The van der Waals surface area contributed by atoms with Crippen LogP contribution in [-0.2, 0) is 14.3 Å². The SMILES string of the molecule is O=CNC(CCSC1CCOC2(CCSC2)C1)C(=O)O. The lowest BCUT2D eigenvalue weighted by Crippen LogP contribution is -2.41. The van der Waals surface area contributed by atoms with Crippen LogP contribution in [0.15, 0.2) is 0 Å². The van der Waals surface area contributed by atoms with Gasteiger partial charge in [-0.2, -0.15) is 23.5 Å². The molecule has 20 heavy (non-hydrogen) atoms. The number of carboxylic acid groups (broad SMARTS) is 1. The van der Waals surface area contributed by atoms with E-state index in [9.17, 15) is 9.59 Å². The van der Waals surface area contributed by atoms with Gasteiger partial charge in [0, 0.05) is 17.6 Å². The summed E-state index contributed by atoms with van der Waals surface area (Å²) < 4.78 is 5.97. The zero-order chi connectivity index (χ0) is 14.4. The molecule has 0 radical (unpaired) electrons. The van der Waals surface area contributed by atoms with Crippen molar-refractivity contribution in [1.29, 1.82) is 0 Å². The highest BCUT2D eigenvalue weighted by Crippen LogP contribution is 2.41. The molecule has 5 nitrogen and oxygen atoms in total. The second-order valence-corrected chi connectivity index (χ2v) is 7.80. The van der Waals surface area contributed by atoms with E-state index in [2.05, 4.69) is 5.32 Å². The lowest BCUT2D eigenvalue weighted by atomic mass is 9.93. The summed E-state index contributed by atoms with van der Waals surface area (Å²) in [6.07, 6.45) is 4.18. The van der Waals surface area contributed by atoms with Crippen molar-refractivity contribution < 1.29 is 19.4 Å². The molecule has 2 aliphatic heterocycles. The van der Waals surface area contributed by atoms with Crippen LogP contribution < -0.4 is 5.32 Å². The van der Waals surface area contributed by atoms with Gasteiger partial charge in [0.1, 0.15) is 6.04 Å². The van der Waals surface area contributed by atoms with Crippen molar-refractivity contribution in [1.82, 2.24) is 5.32 Å². The first kappa shape index (κ1) is 16.0. The average Bonchev–Trinajstić information content (AvgIpc) is 2.85. The summed E-state index contributed by atoms with van der Waals surface area (Å²) in [4.78, 5) is 21.3. The number of amides is 1. The van der Waals surface area contributed by atoms with Crippen molar-refractivity contribution >= 4 is 35.9 Å². The summed E-state index contributed by atoms with van der Waals surface area (Å²) in [5, 5.41) is 11.9. The van der Waals surface area contributed by atoms with Gasteiger partial charge in [-0.1, -0.05) is 0 Å². The number of thioether (sulfide) groups is 2. The summed E-state index contributed by atoms with van der Waals surface area (Å²) in [6, 6.07) is -0.768. The maximum absolute atomic E-state index is 10.9. The van der Waals surface area contributed by atoms with Gasteiger partial charge in [-0.3, -0.25) is 4.79 Å². The molecular formula is C13H21NO4S2. The van der Waals surface area contributed by atoms with E-state index in [0.717, 1.165) is 37.4 Å². The molecule has 0 saturated carbocycles. The Bertz CT molecular complexity index is 347. The molecule has 3 atom stereocenters. The Morgan fingerprint density at radius 1 is 1.65 bits per heavy atom. The van der Waals surface area contributed by atoms with Gasteiger partial charge < -0.3 is 15.2 Å². The quantitative estimate of drug-likeness (QED) is 0.690. The van der Waals surface area contributed by atoms with Crippen molar-refractivity contribution in [3.63, 3.8) is 0 Å². The first-order valence-corrected chi connectivity index (χ1v) is 9.11. The predicted molar refractivity (Wildman–Crippen MR) is 81.3 cm³/mol. The van der Waals surface area contributed by atoms with E-state index in [1.54, 1.807) is 0 Å². The summed E-state index contributed by atoms with van der Waals surface area (Å²) in [6.45, 7) is 0.813. The Labute approximate surface area is 127 Å². The molecular weight excluding hydrogens is 298 g/mol. The first-order chi connectivity index (χ1) is 9.65. The van der Waals surface area contributed by atoms with Crippen LogP contribution >= 0.6 is 23.5 Å². The molecule has 2 heterocycles. The number of carbonyl (C=O) groups excluding carboxylic acids is 1. The molecule has 0 aromatic rings. The Morgan fingerprint density at radius 2 is 2.50 bits per heavy atom. The normalized spacial score (nSPS) is 31.1. The molecule has 2 rings (SSSR count). The molecule has 3 unspecified atom stereocenters. The van der Waals surface area contributed by atoms with Crippen LogP contribution in [-0.4, -0.2) is 58.2 Å². The lowest BCUT2D eigenvalue weighted by Gasteiger charge is -2.37. The van der Waals surface area contributed by atoms with Crippen LogP contribution in [0.3, 0.4) is 0 Å². The molecule has 2 N–H and O–H groups in total. The highest BCUT2D eigenvalue weighted by molar-refractivity contribution is 8.00. The van der Waals surface area contributed by atoms with Gasteiger partial charge in [-0.15, -0.1) is 0 Å². The van der Waals surface area contributed by atoms with Crippen LogP contribution in [0.5, 0.6) is 0 Å². The fourth-order valence-electron chi connectivity index (χ4n) is 2.70. The fourth-order valence-corrected chi connectivity index (χ4v) is 5.47. The monoisotopic (exact) mass is 319 g/mol. The van der Waals surface area contributed by atoms with Crippen LogP contribution in [0.2, 0.25) is 0 Å². The average molecular weight is 319 g/mol. The number of nitrogens with one attached hydrogen (secondary N) is 1. The molecule has 0 bridgehead atoms. The Balaban J connectivity index is 1.73. The molecule has 2 aliphatic rings. The molecule has 0 aliphatic carbocycles. The predicted octanol–water partition coefficient (Wildman–Crippen LogP) is 1.36. The second kappa shape index (κ2) is 7.56. The molecule has 114 valence electrons. The van der Waals surface area contributed by atoms with Crippen molar-refractivity contribution in [3.05, 3.63) is 0 Å². The molecule has 1 amide bonds. The maximum Gasteiger partial charge on any atom is 0.326 e. The second-order valence-electron chi connectivity index (χ2n) is 5.28. The fraction of sp³-hybridized carbons (Fsp3) is 0.846.